The second kappa shape index (κ2) is 11.6. The third kappa shape index (κ3) is 5.84. The molecule has 3 aromatic rings. The van der Waals surface area contributed by atoms with Gasteiger partial charge in [-0.15, -0.1) is 0 Å². The molecule has 1 fully saturated rings. The highest BCUT2D eigenvalue weighted by molar-refractivity contribution is 6.02. The summed E-state index contributed by atoms with van der Waals surface area (Å²) in [6.45, 7) is 1.13. The van der Waals surface area contributed by atoms with Crippen LogP contribution in [0.5, 0.6) is 5.75 Å². The van der Waals surface area contributed by atoms with Crippen LogP contribution in [0.25, 0.3) is 11.4 Å². The molecule has 1 aliphatic rings. The molecule has 4 rings (SSSR count). The molecule has 1 unspecified atom stereocenters. The number of aliphatic hydroxyl groups excluding tert-OH is 1. The SMILES string of the molecule is CNc1cc(Nc2ncnc(-c3ccc(OC4CCN(C(=O)CO)C[C@H]4F)c(C#N)c3)n2)ccc1C(C)=N. The summed E-state index contributed by atoms with van der Waals surface area (Å²) < 4.78 is 20.5. The summed E-state index contributed by atoms with van der Waals surface area (Å²) in [4.78, 5) is 25.7. The van der Waals surface area contributed by atoms with Crippen molar-refractivity contribution in [2.45, 2.75) is 25.6 Å². The van der Waals surface area contributed by atoms with Gasteiger partial charge in [0.1, 0.15) is 30.9 Å². The quantitative estimate of drug-likeness (QED) is 0.329. The number of ether oxygens (including phenoxy) is 1. The average Bonchev–Trinajstić information content (AvgIpc) is 2.93. The number of nitrogens with one attached hydrogen (secondary N) is 3. The summed E-state index contributed by atoms with van der Waals surface area (Å²) in [6.07, 6.45) is -0.694. The number of hydrogen-bond donors (Lipinski definition) is 4. The van der Waals surface area contributed by atoms with Gasteiger partial charge in [-0.05, 0) is 43.3 Å². The molecule has 0 spiro atoms. The smallest absolute Gasteiger partial charge is 0.248 e. The van der Waals surface area contributed by atoms with Crippen molar-refractivity contribution in [3.8, 4) is 23.2 Å². The Bertz CT molecular complexity index is 1390. The Hall–Kier alpha value is -4.63. The van der Waals surface area contributed by atoms with E-state index < -0.39 is 24.8 Å². The summed E-state index contributed by atoms with van der Waals surface area (Å²) in [5, 5.41) is 32.8. The maximum absolute atomic E-state index is 14.7. The van der Waals surface area contributed by atoms with E-state index in [9.17, 15) is 14.4 Å². The highest BCUT2D eigenvalue weighted by Gasteiger charge is 2.33. The molecular weight excluding hydrogens is 491 g/mol. The lowest BCUT2D eigenvalue weighted by molar-refractivity contribution is -0.138. The Balaban J connectivity index is 1.50. The van der Waals surface area contributed by atoms with Gasteiger partial charge in [0.2, 0.25) is 11.9 Å². The Labute approximate surface area is 218 Å². The van der Waals surface area contributed by atoms with Crippen LogP contribution in [0.1, 0.15) is 24.5 Å². The van der Waals surface area contributed by atoms with Crippen molar-refractivity contribution in [3.05, 3.63) is 53.9 Å². The van der Waals surface area contributed by atoms with E-state index in [-0.39, 0.29) is 30.8 Å². The van der Waals surface area contributed by atoms with Gasteiger partial charge >= 0.3 is 0 Å². The van der Waals surface area contributed by atoms with Crippen molar-refractivity contribution in [1.82, 2.24) is 19.9 Å². The number of anilines is 3. The minimum Gasteiger partial charge on any atom is -0.486 e. The van der Waals surface area contributed by atoms with Crippen molar-refractivity contribution in [3.63, 3.8) is 0 Å². The van der Waals surface area contributed by atoms with Crippen LogP contribution in [0, 0.1) is 16.7 Å². The van der Waals surface area contributed by atoms with Gasteiger partial charge in [0.15, 0.2) is 12.0 Å². The van der Waals surface area contributed by atoms with E-state index in [4.69, 9.17) is 15.3 Å². The minimum absolute atomic E-state index is 0.176. The number of nitrogens with zero attached hydrogens (tertiary/aromatic N) is 5. The van der Waals surface area contributed by atoms with Crippen molar-refractivity contribution in [2.24, 2.45) is 0 Å². The van der Waals surface area contributed by atoms with Crippen LogP contribution in [-0.4, -0.2) is 75.6 Å². The number of aliphatic hydroxyl groups is 1. The predicted molar refractivity (Wildman–Crippen MR) is 139 cm³/mol. The highest BCUT2D eigenvalue weighted by Crippen LogP contribution is 2.29. The van der Waals surface area contributed by atoms with Crippen molar-refractivity contribution < 1.29 is 19.0 Å². The molecule has 38 heavy (non-hydrogen) atoms. The fourth-order valence-electron chi connectivity index (χ4n) is 4.15. The highest BCUT2D eigenvalue weighted by atomic mass is 19.1. The number of halogens is 1. The minimum atomic E-state index is -1.46. The molecule has 196 valence electrons. The first kappa shape index (κ1) is 26.4. The molecular formula is C26H27FN8O3. The fourth-order valence-corrected chi connectivity index (χ4v) is 4.15. The van der Waals surface area contributed by atoms with E-state index in [0.717, 1.165) is 11.3 Å². The van der Waals surface area contributed by atoms with Crippen LogP contribution in [0.4, 0.5) is 21.7 Å². The molecule has 2 atom stereocenters. The second-order valence-electron chi connectivity index (χ2n) is 8.67. The maximum atomic E-state index is 14.7. The van der Waals surface area contributed by atoms with Gasteiger partial charge in [0, 0.05) is 48.2 Å². The first-order chi connectivity index (χ1) is 18.3. The number of hydrogen-bond acceptors (Lipinski definition) is 10. The third-order valence-electron chi connectivity index (χ3n) is 6.13. The van der Waals surface area contributed by atoms with Gasteiger partial charge in [-0.1, -0.05) is 0 Å². The Morgan fingerprint density at radius 3 is 2.82 bits per heavy atom. The zero-order chi connectivity index (χ0) is 27.2. The van der Waals surface area contributed by atoms with E-state index in [2.05, 4.69) is 31.7 Å². The summed E-state index contributed by atoms with van der Waals surface area (Å²) in [5.74, 6) is 0.310. The van der Waals surface area contributed by atoms with Gasteiger partial charge in [-0.25, -0.2) is 14.4 Å². The molecule has 4 N–H and O–H groups in total. The van der Waals surface area contributed by atoms with Crippen LogP contribution < -0.4 is 15.4 Å². The zero-order valence-electron chi connectivity index (χ0n) is 20.9. The fraction of sp³-hybridized carbons (Fsp3) is 0.308. The number of alkyl halides is 1. The van der Waals surface area contributed by atoms with E-state index in [1.807, 2.05) is 18.2 Å². The van der Waals surface area contributed by atoms with E-state index in [0.29, 0.717) is 28.7 Å². The number of rotatable bonds is 8. The Morgan fingerprint density at radius 1 is 1.32 bits per heavy atom. The van der Waals surface area contributed by atoms with Crippen LogP contribution >= 0.6 is 0 Å². The monoisotopic (exact) mass is 518 g/mol. The number of amides is 1. The Kier molecular flexibility index (Phi) is 8.08. The molecule has 12 heteroatoms. The van der Waals surface area contributed by atoms with Crippen LogP contribution in [-0.2, 0) is 4.79 Å². The van der Waals surface area contributed by atoms with Gasteiger partial charge in [0.25, 0.3) is 0 Å². The van der Waals surface area contributed by atoms with E-state index >= 15 is 0 Å². The summed E-state index contributed by atoms with van der Waals surface area (Å²) in [6, 6.07) is 12.4. The number of piperidine rings is 1. The van der Waals surface area contributed by atoms with E-state index in [1.54, 1.807) is 32.2 Å². The lowest BCUT2D eigenvalue weighted by atomic mass is 10.0. The van der Waals surface area contributed by atoms with Crippen LogP contribution in [0.3, 0.4) is 0 Å². The number of carbonyl (C=O) groups excluding carboxylic acids is 1. The Morgan fingerprint density at radius 2 is 2.13 bits per heavy atom. The van der Waals surface area contributed by atoms with Crippen LogP contribution in [0.15, 0.2) is 42.7 Å². The molecule has 2 heterocycles. The van der Waals surface area contributed by atoms with Gasteiger partial charge < -0.3 is 30.8 Å². The molecule has 1 saturated heterocycles. The van der Waals surface area contributed by atoms with Gasteiger partial charge in [-0.3, -0.25) is 4.79 Å². The second-order valence-corrected chi connectivity index (χ2v) is 8.67. The van der Waals surface area contributed by atoms with Crippen molar-refractivity contribution in [2.75, 3.05) is 37.4 Å². The topological polar surface area (TPSA) is 160 Å². The molecule has 11 nitrogen and oxygen atoms in total. The molecule has 0 saturated carbocycles. The summed E-state index contributed by atoms with van der Waals surface area (Å²) in [7, 11) is 1.78. The number of aromatic nitrogens is 3. The first-order valence-corrected chi connectivity index (χ1v) is 11.9. The largest absolute Gasteiger partial charge is 0.486 e. The van der Waals surface area contributed by atoms with Gasteiger partial charge in [-0.2, -0.15) is 10.2 Å². The molecule has 0 bridgehead atoms. The molecule has 1 amide bonds. The maximum Gasteiger partial charge on any atom is 0.248 e. The molecule has 1 aliphatic heterocycles. The summed E-state index contributed by atoms with van der Waals surface area (Å²) >= 11 is 0. The number of carbonyl (C=O) groups is 1. The summed E-state index contributed by atoms with van der Waals surface area (Å²) in [5.41, 5.74) is 3.45. The zero-order valence-corrected chi connectivity index (χ0v) is 20.9. The molecule has 2 aromatic carbocycles. The van der Waals surface area contributed by atoms with Crippen molar-refractivity contribution in [1.29, 1.82) is 10.7 Å². The average molecular weight is 519 g/mol. The normalized spacial score (nSPS) is 16.9. The molecule has 1 aromatic heterocycles. The van der Waals surface area contributed by atoms with Crippen molar-refractivity contribution >= 4 is 28.9 Å². The molecule has 0 radical (unpaired) electrons. The van der Waals surface area contributed by atoms with Gasteiger partial charge in [0.05, 0.1) is 12.1 Å². The standard InChI is InChI=1S/C26H27FN8O3/c1-15(29)19-5-4-18(10-21(19)30-2)33-26-32-14-31-25(34-26)16-3-6-22(17(9-16)11-28)38-23-7-8-35(12-20(23)27)24(37)13-36/h3-6,9-10,14,20,23,29-30,36H,7-8,12-13H2,1-2H3,(H,31,32,33,34)/t20-,23?/m1/s1. The lowest BCUT2D eigenvalue weighted by Crippen LogP contribution is -2.50. The lowest BCUT2D eigenvalue weighted by Gasteiger charge is -2.34. The number of benzene rings is 2. The van der Waals surface area contributed by atoms with Crippen LogP contribution in [0.2, 0.25) is 0 Å². The number of nitriles is 1. The predicted octanol–water partition coefficient (Wildman–Crippen LogP) is 2.89. The van der Waals surface area contributed by atoms with E-state index in [1.165, 1.54) is 11.2 Å². The molecule has 0 aliphatic carbocycles. The third-order valence-corrected chi connectivity index (χ3v) is 6.13. The number of likely N-dealkylation sites (tertiary alicyclic amines) is 1. The first-order valence-electron chi connectivity index (χ1n) is 11.9.